The molecule has 0 N–H and O–H groups in total. The lowest BCUT2D eigenvalue weighted by atomic mass is 10.1. The Labute approximate surface area is 226 Å². The van der Waals surface area contributed by atoms with Crippen LogP contribution in [0.4, 0.5) is 21.0 Å². The third-order valence-corrected chi connectivity index (χ3v) is 5.65. The van der Waals surface area contributed by atoms with Gasteiger partial charge >= 0.3 is 12.2 Å². The second-order valence-electron chi connectivity index (χ2n) is 8.11. The minimum absolute atomic E-state index is 0.0116. The minimum Gasteiger partial charge on any atom is -0.493 e. The normalized spacial score (nSPS) is 14.3. The van der Waals surface area contributed by atoms with E-state index < -0.39 is 6.09 Å². The van der Waals surface area contributed by atoms with Crippen LogP contribution in [0.25, 0.3) is 0 Å². The fourth-order valence-corrected chi connectivity index (χ4v) is 3.87. The van der Waals surface area contributed by atoms with Gasteiger partial charge in [0.25, 0.3) is 0 Å². The van der Waals surface area contributed by atoms with E-state index in [1.807, 2.05) is 13.0 Å². The fraction of sp³-hybridized carbons (Fsp3) is 0.423. The van der Waals surface area contributed by atoms with Crippen molar-refractivity contribution in [2.24, 2.45) is 0 Å². The van der Waals surface area contributed by atoms with Crippen molar-refractivity contribution in [3.63, 3.8) is 0 Å². The lowest BCUT2D eigenvalue weighted by Gasteiger charge is -2.18. The molecule has 0 aliphatic carbocycles. The number of carbonyl (C=O) groups excluding carboxylic acids is 3. The number of carbonyl (C=O) groups is 3. The Hall–Kier alpha value is -4.23. The van der Waals surface area contributed by atoms with Gasteiger partial charge in [-0.1, -0.05) is 0 Å². The summed E-state index contributed by atoms with van der Waals surface area (Å²) < 4.78 is 40.8. The summed E-state index contributed by atoms with van der Waals surface area (Å²) in [4.78, 5) is 37.3. The fourth-order valence-electron chi connectivity index (χ4n) is 3.87. The average Bonchev–Trinajstić information content (AvgIpc) is 3.58. The van der Waals surface area contributed by atoms with Crippen LogP contribution in [0.5, 0.6) is 23.0 Å². The highest BCUT2D eigenvalue weighted by molar-refractivity contribution is 5.93. The molecule has 0 aromatic heterocycles. The molecule has 2 aliphatic rings. The monoisotopic (exact) mass is 548 g/mol. The van der Waals surface area contributed by atoms with Gasteiger partial charge in [0.15, 0.2) is 42.9 Å². The van der Waals surface area contributed by atoms with E-state index in [1.54, 1.807) is 37.3 Å². The number of aldehydes is 1. The first kappa shape index (κ1) is 29.3. The first-order valence-electron chi connectivity index (χ1n) is 11.9. The molecule has 2 fully saturated rings. The molecule has 0 bridgehead atoms. The van der Waals surface area contributed by atoms with E-state index in [-0.39, 0.29) is 31.0 Å². The molecule has 2 heterocycles. The molecule has 2 aromatic carbocycles. The summed E-state index contributed by atoms with van der Waals surface area (Å²) in [6, 6.07) is 6.78. The molecule has 4 rings (SSSR count). The van der Waals surface area contributed by atoms with Crippen LogP contribution in [0.15, 0.2) is 24.3 Å². The molecule has 212 valence electrons. The molecule has 2 aliphatic heterocycles. The Balaban J connectivity index is 0.000000216. The summed E-state index contributed by atoms with van der Waals surface area (Å²) in [7, 11) is 6.04. The summed E-state index contributed by atoms with van der Waals surface area (Å²) in [6.07, 6.45) is -0.153. The predicted octanol–water partition coefficient (Wildman–Crippen LogP) is 3.39. The lowest BCUT2D eigenvalue weighted by Crippen LogP contribution is -2.23. The summed E-state index contributed by atoms with van der Waals surface area (Å²) in [6.45, 7) is 3.71. The molecule has 39 heavy (non-hydrogen) atoms. The molecule has 0 radical (unpaired) electrons. The second kappa shape index (κ2) is 14.1. The van der Waals surface area contributed by atoms with E-state index in [9.17, 15) is 14.4 Å². The quantitative estimate of drug-likeness (QED) is 0.302. The Bertz CT molecular complexity index is 1170. The molecule has 2 amide bonds. The number of ether oxygens (including phenoxy) is 8. The largest absolute Gasteiger partial charge is 0.493 e. The van der Waals surface area contributed by atoms with Crippen LogP contribution >= 0.6 is 0 Å². The summed E-state index contributed by atoms with van der Waals surface area (Å²) in [5, 5.41) is 0. The third-order valence-electron chi connectivity index (χ3n) is 5.65. The van der Waals surface area contributed by atoms with Gasteiger partial charge in [-0.15, -0.1) is 0 Å². The average molecular weight is 549 g/mol. The van der Waals surface area contributed by atoms with E-state index in [0.717, 1.165) is 11.3 Å². The van der Waals surface area contributed by atoms with Gasteiger partial charge in [0.2, 0.25) is 0 Å². The molecular weight excluding hydrogens is 516 g/mol. The number of anilines is 2. The third kappa shape index (κ3) is 7.00. The second-order valence-corrected chi connectivity index (χ2v) is 8.11. The van der Waals surface area contributed by atoms with E-state index in [0.29, 0.717) is 55.5 Å². The zero-order valence-corrected chi connectivity index (χ0v) is 22.5. The van der Waals surface area contributed by atoms with Crippen LogP contribution < -0.4 is 28.7 Å². The van der Waals surface area contributed by atoms with Gasteiger partial charge in [0, 0.05) is 26.4 Å². The molecule has 13 heteroatoms. The Morgan fingerprint density at radius 2 is 1.26 bits per heavy atom. The predicted molar refractivity (Wildman–Crippen MR) is 139 cm³/mol. The van der Waals surface area contributed by atoms with Gasteiger partial charge < -0.3 is 37.9 Å². The smallest absolute Gasteiger partial charge is 0.414 e. The van der Waals surface area contributed by atoms with Crippen molar-refractivity contribution in [1.82, 2.24) is 0 Å². The molecule has 0 unspecified atom stereocenters. The number of rotatable bonds is 11. The number of methoxy groups -OCH3 is 4. The van der Waals surface area contributed by atoms with Crippen LogP contribution in [-0.4, -0.2) is 86.8 Å². The number of hydrogen-bond acceptors (Lipinski definition) is 11. The van der Waals surface area contributed by atoms with Crippen molar-refractivity contribution in [3.8, 4) is 23.0 Å². The highest BCUT2D eigenvalue weighted by atomic mass is 16.7. The van der Waals surface area contributed by atoms with Crippen molar-refractivity contribution >= 4 is 29.8 Å². The zero-order chi connectivity index (χ0) is 28.4. The van der Waals surface area contributed by atoms with Gasteiger partial charge in [-0.05, 0) is 24.6 Å². The van der Waals surface area contributed by atoms with Crippen LogP contribution in [0.1, 0.15) is 15.9 Å². The lowest BCUT2D eigenvalue weighted by molar-refractivity contribution is 0.0484. The zero-order valence-electron chi connectivity index (χ0n) is 22.5. The van der Waals surface area contributed by atoms with E-state index in [2.05, 4.69) is 0 Å². The summed E-state index contributed by atoms with van der Waals surface area (Å²) in [5.74, 6) is 1.80. The van der Waals surface area contributed by atoms with Gasteiger partial charge in [-0.3, -0.25) is 14.6 Å². The van der Waals surface area contributed by atoms with Crippen molar-refractivity contribution in [2.45, 2.75) is 6.92 Å². The summed E-state index contributed by atoms with van der Waals surface area (Å²) in [5.41, 5.74) is 2.40. The number of aryl methyl sites for hydroxylation is 1. The van der Waals surface area contributed by atoms with Crippen LogP contribution in [0.3, 0.4) is 0 Å². The molecular formula is C26H32N2O11. The molecule has 0 saturated carbocycles. The maximum atomic E-state index is 11.6. The molecule has 2 saturated heterocycles. The summed E-state index contributed by atoms with van der Waals surface area (Å²) >= 11 is 0. The SMILES string of the molecule is COCOc1c(C)cc(N2CCOC2=O)cc1OC.COCOc1c(C=O)cc(N2CCOC2=O)cc1OC. The van der Waals surface area contributed by atoms with Crippen molar-refractivity contribution in [1.29, 1.82) is 0 Å². The molecule has 13 nitrogen and oxygen atoms in total. The standard InChI is InChI=1S/C13H15NO6.C13H17NO5/c1-17-8-20-12-9(7-15)5-10(6-11(12)18-2)14-3-4-19-13(14)16;1-9-6-10(14-4-5-18-13(14)15)7-11(17-3)12(9)19-8-16-2/h5-7H,3-4,8H2,1-2H3;6-7H,4-5,8H2,1-3H3. The molecule has 0 atom stereocenters. The maximum Gasteiger partial charge on any atom is 0.414 e. The van der Waals surface area contributed by atoms with E-state index >= 15 is 0 Å². The van der Waals surface area contributed by atoms with Gasteiger partial charge in [-0.2, -0.15) is 0 Å². The van der Waals surface area contributed by atoms with Crippen LogP contribution in [0.2, 0.25) is 0 Å². The Morgan fingerprint density at radius 3 is 1.69 bits per heavy atom. The topological polar surface area (TPSA) is 132 Å². The maximum absolute atomic E-state index is 11.6. The van der Waals surface area contributed by atoms with Crippen molar-refractivity contribution in [2.75, 3.05) is 78.1 Å². The Morgan fingerprint density at radius 1 is 0.769 bits per heavy atom. The van der Waals surface area contributed by atoms with E-state index in [4.69, 9.17) is 37.9 Å². The minimum atomic E-state index is -0.450. The molecule has 0 spiro atoms. The van der Waals surface area contributed by atoms with E-state index in [1.165, 1.54) is 19.1 Å². The first-order valence-corrected chi connectivity index (χ1v) is 11.9. The number of amides is 2. The number of benzene rings is 2. The van der Waals surface area contributed by atoms with Gasteiger partial charge in [0.05, 0.1) is 44.2 Å². The van der Waals surface area contributed by atoms with Crippen molar-refractivity contribution < 1.29 is 52.3 Å². The number of cyclic esters (lactones) is 2. The van der Waals surface area contributed by atoms with Gasteiger partial charge in [-0.25, -0.2) is 9.59 Å². The number of nitrogens with zero attached hydrogens (tertiary/aromatic N) is 2. The highest BCUT2D eigenvalue weighted by Crippen LogP contribution is 2.37. The number of hydrogen-bond donors (Lipinski definition) is 0. The Kier molecular flexibility index (Phi) is 10.6. The molecule has 2 aromatic rings. The van der Waals surface area contributed by atoms with Gasteiger partial charge in [0.1, 0.15) is 13.2 Å². The van der Waals surface area contributed by atoms with Crippen LogP contribution in [-0.2, 0) is 18.9 Å². The first-order chi connectivity index (χ1) is 18.9. The van der Waals surface area contributed by atoms with Crippen molar-refractivity contribution in [3.05, 3.63) is 35.4 Å². The van der Waals surface area contributed by atoms with Crippen LogP contribution in [0, 0.1) is 6.92 Å². The highest BCUT2D eigenvalue weighted by Gasteiger charge is 2.27.